The number of carbonyl (C=O) groups is 2. The van der Waals surface area contributed by atoms with Gasteiger partial charge in [0.1, 0.15) is 5.82 Å². The first-order valence-corrected chi connectivity index (χ1v) is 7.27. The van der Waals surface area contributed by atoms with Gasteiger partial charge in [0.25, 0.3) is 5.91 Å². The van der Waals surface area contributed by atoms with E-state index in [1.165, 1.54) is 24.3 Å². The van der Waals surface area contributed by atoms with E-state index >= 15 is 0 Å². The van der Waals surface area contributed by atoms with Crippen molar-refractivity contribution in [1.29, 1.82) is 0 Å². The molecule has 2 rings (SSSR count). The lowest BCUT2D eigenvalue weighted by atomic mass is 10.1. The summed E-state index contributed by atoms with van der Waals surface area (Å²) in [6, 6.07) is 8.50. The number of nitrogens with one attached hydrogen (secondary N) is 1. The largest absolute Gasteiger partial charge is 0.478 e. The summed E-state index contributed by atoms with van der Waals surface area (Å²) in [6.07, 6.45) is 0. The van der Waals surface area contributed by atoms with Gasteiger partial charge in [-0.05, 0) is 46.3 Å². The minimum absolute atomic E-state index is 0.0888. The predicted molar refractivity (Wildman–Crippen MR) is 83.2 cm³/mol. The summed E-state index contributed by atoms with van der Waals surface area (Å²) in [5, 5.41) is 11.5. The quantitative estimate of drug-likeness (QED) is 0.783. The van der Waals surface area contributed by atoms with Crippen molar-refractivity contribution in [3.05, 3.63) is 62.3 Å². The number of rotatable bonds is 3. The van der Waals surface area contributed by atoms with Crippen molar-refractivity contribution in [2.45, 2.75) is 0 Å². The van der Waals surface area contributed by atoms with Crippen LogP contribution in [0.1, 0.15) is 20.7 Å². The fourth-order valence-corrected chi connectivity index (χ4v) is 2.59. The van der Waals surface area contributed by atoms with Crippen LogP contribution in [0.15, 0.2) is 45.3 Å². The third kappa shape index (κ3) is 3.48. The lowest BCUT2D eigenvalue weighted by molar-refractivity contribution is 0.0698. The number of aromatic carboxylic acids is 1. The van der Waals surface area contributed by atoms with Crippen LogP contribution in [-0.2, 0) is 0 Å². The number of carboxylic acid groups (broad SMARTS) is 1. The highest BCUT2D eigenvalue weighted by molar-refractivity contribution is 9.10. The maximum atomic E-state index is 13.7. The minimum Gasteiger partial charge on any atom is -0.478 e. The van der Waals surface area contributed by atoms with Gasteiger partial charge in [-0.1, -0.05) is 22.0 Å². The Morgan fingerprint density at radius 2 is 1.86 bits per heavy atom. The van der Waals surface area contributed by atoms with E-state index in [1.807, 2.05) is 0 Å². The van der Waals surface area contributed by atoms with Crippen molar-refractivity contribution < 1.29 is 19.1 Å². The fourth-order valence-electron chi connectivity index (χ4n) is 1.70. The average molecular weight is 417 g/mol. The van der Waals surface area contributed by atoms with Crippen molar-refractivity contribution in [2.75, 3.05) is 5.32 Å². The van der Waals surface area contributed by atoms with Gasteiger partial charge in [0.05, 0.1) is 16.8 Å². The summed E-state index contributed by atoms with van der Waals surface area (Å²) < 4.78 is 14.6. The number of anilines is 1. The predicted octanol–water partition coefficient (Wildman–Crippen LogP) is 4.30. The Morgan fingerprint density at radius 3 is 2.48 bits per heavy atom. The van der Waals surface area contributed by atoms with E-state index in [0.29, 0.717) is 4.47 Å². The smallest absolute Gasteiger partial charge is 0.337 e. The second kappa shape index (κ2) is 6.36. The molecule has 2 N–H and O–H groups in total. The first kappa shape index (κ1) is 15.7. The molecule has 108 valence electrons. The van der Waals surface area contributed by atoms with Gasteiger partial charge >= 0.3 is 5.97 Å². The second-order valence-corrected chi connectivity index (χ2v) is 5.82. The van der Waals surface area contributed by atoms with Crippen LogP contribution in [0.5, 0.6) is 0 Å². The highest BCUT2D eigenvalue weighted by Crippen LogP contribution is 2.24. The molecule has 0 unspecified atom stereocenters. The van der Waals surface area contributed by atoms with Gasteiger partial charge in [0.15, 0.2) is 0 Å². The number of hydrogen-bond acceptors (Lipinski definition) is 2. The van der Waals surface area contributed by atoms with Gasteiger partial charge in [-0.15, -0.1) is 0 Å². The molecule has 0 fully saturated rings. The molecule has 0 saturated carbocycles. The monoisotopic (exact) mass is 415 g/mol. The molecule has 0 heterocycles. The molecule has 0 saturated heterocycles. The van der Waals surface area contributed by atoms with Gasteiger partial charge < -0.3 is 10.4 Å². The SMILES string of the molecule is O=C(O)c1cc(Br)ccc1NC(=O)c1c(F)cccc1Br. The molecule has 7 heteroatoms. The normalized spacial score (nSPS) is 10.2. The standard InChI is InChI=1S/C14H8Br2FNO3/c15-7-4-5-11(8(6-7)14(20)21)18-13(19)12-9(16)2-1-3-10(12)17/h1-6H,(H,18,19)(H,20,21). The molecule has 2 aromatic carbocycles. The Kier molecular flexibility index (Phi) is 4.74. The van der Waals surface area contributed by atoms with Gasteiger partial charge in [-0.2, -0.15) is 0 Å². The molecule has 1 amide bonds. The Bertz CT molecular complexity index is 714. The zero-order valence-electron chi connectivity index (χ0n) is 10.4. The summed E-state index contributed by atoms with van der Waals surface area (Å²) >= 11 is 6.25. The molecule has 0 atom stereocenters. The molecule has 21 heavy (non-hydrogen) atoms. The van der Waals surface area contributed by atoms with E-state index in [4.69, 9.17) is 5.11 Å². The van der Waals surface area contributed by atoms with Crippen LogP contribution in [-0.4, -0.2) is 17.0 Å². The van der Waals surface area contributed by atoms with Crippen molar-refractivity contribution in [1.82, 2.24) is 0 Å². The van der Waals surface area contributed by atoms with Crippen LogP contribution < -0.4 is 5.32 Å². The Balaban J connectivity index is 2.39. The lowest BCUT2D eigenvalue weighted by Crippen LogP contribution is -2.16. The van der Waals surface area contributed by atoms with Crippen molar-refractivity contribution in [2.24, 2.45) is 0 Å². The first-order chi connectivity index (χ1) is 9.90. The van der Waals surface area contributed by atoms with E-state index < -0.39 is 17.7 Å². The van der Waals surface area contributed by atoms with E-state index in [9.17, 15) is 14.0 Å². The van der Waals surface area contributed by atoms with Gasteiger partial charge in [0, 0.05) is 8.95 Å². The highest BCUT2D eigenvalue weighted by atomic mass is 79.9. The van der Waals surface area contributed by atoms with Gasteiger partial charge in [0.2, 0.25) is 0 Å². The van der Waals surface area contributed by atoms with Crippen LogP contribution in [0.3, 0.4) is 0 Å². The molecule has 0 spiro atoms. The molecular formula is C14H8Br2FNO3. The Hall–Kier alpha value is -1.73. The van der Waals surface area contributed by atoms with Gasteiger partial charge in [-0.3, -0.25) is 4.79 Å². The van der Waals surface area contributed by atoms with E-state index in [-0.39, 0.29) is 21.3 Å². The van der Waals surface area contributed by atoms with Crippen LogP contribution in [0, 0.1) is 5.82 Å². The summed E-state index contributed by atoms with van der Waals surface area (Å²) in [5.74, 6) is -2.63. The number of carbonyl (C=O) groups excluding carboxylic acids is 1. The van der Waals surface area contributed by atoms with E-state index in [0.717, 1.165) is 6.07 Å². The number of hydrogen-bond donors (Lipinski definition) is 2. The molecule has 2 aromatic rings. The third-order valence-electron chi connectivity index (χ3n) is 2.65. The van der Waals surface area contributed by atoms with E-state index in [2.05, 4.69) is 37.2 Å². The maximum Gasteiger partial charge on any atom is 0.337 e. The van der Waals surface area contributed by atoms with Gasteiger partial charge in [-0.25, -0.2) is 9.18 Å². The summed E-state index contributed by atoms with van der Waals surface area (Å²) in [6.45, 7) is 0. The van der Waals surface area contributed by atoms with Crippen LogP contribution in [0.2, 0.25) is 0 Å². The molecule has 0 aliphatic carbocycles. The molecule has 0 radical (unpaired) electrons. The molecule has 0 aliphatic heterocycles. The fraction of sp³-hybridized carbons (Fsp3) is 0. The summed E-state index contributed by atoms with van der Waals surface area (Å²) in [7, 11) is 0. The Morgan fingerprint density at radius 1 is 1.14 bits per heavy atom. The molecule has 4 nitrogen and oxygen atoms in total. The molecule has 0 aromatic heterocycles. The second-order valence-electron chi connectivity index (χ2n) is 4.05. The van der Waals surface area contributed by atoms with Crippen LogP contribution >= 0.6 is 31.9 Å². The van der Waals surface area contributed by atoms with Crippen LogP contribution in [0.4, 0.5) is 10.1 Å². The topological polar surface area (TPSA) is 66.4 Å². The lowest BCUT2D eigenvalue weighted by Gasteiger charge is -2.10. The average Bonchev–Trinajstić information content (AvgIpc) is 2.40. The number of halogens is 3. The number of carboxylic acids is 1. The minimum atomic E-state index is -1.20. The zero-order valence-corrected chi connectivity index (χ0v) is 13.5. The maximum absolute atomic E-state index is 13.7. The van der Waals surface area contributed by atoms with Crippen molar-refractivity contribution in [3.8, 4) is 0 Å². The number of amides is 1. The molecule has 0 aliphatic rings. The Labute approximate surface area is 136 Å². The molecule has 0 bridgehead atoms. The van der Waals surface area contributed by atoms with E-state index in [1.54, 1.807) is 6.07 Å². The van der Waals surface area contributed by atoms with Crippen LogP contribution in [0.25, 0.3) is 0 Å². The molecular weight excluding hydrogens is 409 g/mol. The zero-order chi connectivity index (χ0) is 15.6. The summed E-state index contributed by atoms with van der Waals surface area (Å²) in [5.41, 5.74) is -0.187. The summed E-state index contributed by atoms with van der Waals surface area (Å²) in [4.78, 5) is 23.3. The van der Waals surface area contributed by atoms with Crippen molar-refractivity contribution in [3.63, 3.8) is 0 Å². The first-order valence-electron chi connectivity index (χ1n) is 5.68. The number of benzene rings is 2. The van der Waals surface area contributed by atoms with Crippen molar-refractivity contribution >= 4 is 49.4 Å². The third-order valence-corrected chi connectivity index (χ3v) is 3.80. The highest BCUT2D eigenvalue weighted by Gasteiger charge is 2.18.